The smallest absolute Gasteiger partial charge is 0.243 e. The Morgan fingerprint density at radius 1 is 1.42 bits per heavy atom. The lowest BCUT2D eigenvalue weighted by Crippen LogP contribution is -2.52. The van der Waals surface area contributed by atoms with Crippen molar-refractivity contribution in [1.29, 1.82) is 0 Å². The highest BCUT2D eigenvalue weighted by molar-refractivity contribution is 5.85. The zero-order valence-electron chi connectivity index (χ0n) is 12.0. The fourth-order valence-electron chi connectivity index (χ4n) is 1.97. The first-order chi connectivity index (χ1) is 9.04. The molecule has 0 aromatic carbocycles. The highest BCUT2D eigenvalue weighted by Crippen LogP contribution is 2.17. The predicted molar refractivity (Wildman–Crippen MR) is 76.6 cm³/mol. The minimum absolute atomic E-state index is 0.411. The Bertz CT molecular complexity index is 392. The molecule has 106 valence electrons. The first-order valence-corrected chi connectivity index (χ1v) is 6.73. The van der Waals surface area contributed by atoms with Crippen molar-refractivity contribution in [2.75, 3.05) is 26.2 Å². The van der Waals surface area contributed by atoms with E-state index in [0.717, 1.165) is 19.6 Å². The number of nitrogens with one attached hydrogen (secondary N) is 1. The lowest BCUT2D eigenvalue weighted by molar-refractivity contribution is -0.124. The van der Waals surface area contributed by atoms with Crippen LogP contribution in [0.2, 0.25) is 0 Å². The van der Waals surface area contributed by atoms with Gasteiger partial charge in [0.25, 0.3) is 0 Å². The van der Waals surface area contributed by atoms with Crippen molar-refractivity contribution >= 4 is 5.91 Å². The Morgan fingerprint density at radius 2 is 2.11 bits per heavy atom. The second-order valence-corrected chi connectivity index (χ2v) is 4.66. The zero-order chi connectivity index (χ0) is 14.3. The van der Waals surface area contributed by atoms with E-state index in [1.54, 1.807) is 13.1 Å². The van der Waals surface area contributed by atoms with Gasteiger partial charge >= 0.3 is 0 Å². The largest absolute Gasteiger partial charge is 0.368 e. The number of carbonyl (C=O) groups excluding carboxylic acids is 1. The van der Waals surface area contributed by atoms with Crippen molar-refractivity contribution in [2.45, 2.75) is 26.3 Å². The van der Waals surface area contributed by atoms with Crippen molar-refractivity contribution < 1.29 is 4.79 Å². The molecule has 5 heteroatoms. The van der Waals surface area contributed by atoms with Gasteiger partial charge in [0.15, 0.2) is 0 Å². The van der Waals surface area contributed by atoms with Gasteiger partial charge < -0.3 is 10.6 Å². The average Bonchev–Trinajstić information content (AvgIpc) is 2.44. The summed E-state index contributed by atoms with van der Waals surface area (Å²) in [6, 6.07) is 5.49. The van der Waals surface area contributed by atoms with Crippen LogP contribution in [0.5, 0.6) is 0 Å². The number of hydrogen-bond acceptors (Lipinski definition) is 4. The summed E-state index contributed by atoms with van der Waals surface area (Å²) in [5.41, 5.74) is 5.26. The Hall–Kier alpha value is -1.46. The van der Waals surface area contributed by atoms with Gasteiger partial charge in [-0.3, -0.25) is 15.1 Å². The summed E-state index contributed by atoms with van der Waals surface area (Å²) >= 11 is 0. The van der Waals surface area contributed by atoms with Crippen LogP contribution in [-0.2, 0) is 10.3 Å². The third-order valence-electron chi connectivity index (χ3n) is 3.47. The molecule has 0 spiro atoms. The molecular formula is C14H24N4O. The molecule has 1 aromatic heterocycles. The van der Waals surface area contributed by atoms with E-state index in [2.05, 4.69) is 29.0 Å². The zero-order valence-corrected chi connectivity index (χ0v) is 12.0. The molecule has 0 radical (unpaired) electrons. The van der Waals surface area contributed by atoms with Gasteiger partial charge in [0, 0.05) is 19.3 Å². The topological polar surface area (TPSA) is 71.2 Å². The quantitative estimate of drug-likeness (QED) is 0.725. The fraction of sp³-hybridized carbons (Fsp3) is 0.571. The number of nitrogens with two attached hydrogens (primary N) is 1. The lowest BCUT2D eigenvalue weighted by atomic mass is 9.96. The van der Waals surface area contributed by atoms with Gasteiger partial charge in [-0.15, -0.1) is 0 Å². The lowest BCUT2D eigenvalue weighted by Gasteiger charge is -2.28. The molecule has 0 aliphatic heterocycles. The highest BCUT2D eigenvalue weighted by Gasteiger charge is 2.33. The summed E-state index contributed by atoms with van der Waals surface area (Å²) < 4.78 is 0. The van der Waals surface area contributed by atoms with E-state index in [4.69, 9.17) is 5.73 Å². The molecule has 1 unspecified atom stereocenters. The molecule has 0 aliphatic rings. The Morgan fingerprint density at radius 3 is 2.58 bits per heavy atom. The molecule has 1 atom stereocenters. The maximum atomic E-state index is 11.7. The van der Waals surface area contributed by atoms with Gasteiger partial charge in [0.2, 0.25) is 5.91 Å². The molecule has 0 aliphatic carbocycles. The second-order valence-electron chi connectivity index (χ2n) is 4.66. The van der Waals surface area contributed by atoms with Crippen LogP contribution in [0, 0.1) is 0 Å². The summed E-state index contributed by atoms with van der Waals surface area (Å²) in [7, 11) is 0. The van der Waals surface area contributed by atoms with Crippen LogP contribution in [0.4, 0.5) is 0 Å². The normalized spacial score (nSPS) is 14.3. The van der Waals surface area contributed by atoms with Gasteiger partial charge in [-0.05, 0) is 32.1 Å². The molecule has 0 fully saturated rings. The summed E-state index contributed by atoms with van der Waals surface area (Å²) in [6.45, 7) is 9.58. The Kier molecular flexibility index (Phi) is 5.92. The first kappa shape index (κ1) is 15.6. The van der Waals surface area contributed by atoms with E-state index >= 15 is 0 Å². The maximum Gasteiger partial charge on any atom is 0.243 e. The van der Waals surface area contributed by atoms with E-state index in [9.17, 15) is 4.79 Å². The second kappa shape index (κ2) is 7.21. The predicted octanol–water partition coefficient (Wildman–Crippen LogP) is 0.714. The molecule has 19 heavy (non-hydrogen) atoms. The van der Waals surface area contributed by atoms with Gasteiger partial charge in [0.05, 0.1) is 5.69 Å². The summed E-state index contributed by atoms with van der Waals surface area (Å²) in [6.07, 6.45) is 1.67. The molecule has 1 rings (SSSR count). The van der Waals surface area contributed by atoms with Crippen molar-refractivity contribution in [2.24, 2.45) is 5.73 Å². The summed E-state index contributed by atoms with van der Waals surface area (Å²) in [4.78, 5) is 18.3. The molecular weight excluding hydrogens is 240 g/mol. The average molecular weight is 264 g/mol. The van der Waals surface area contributed by atoms with Crippen LogP contribution in [0.15, 0.2) is 24.4 Å². The summed E-state index contributed by atoms with van der Waals surface area (Å²) in [5, 5.41) is 3.23. The SMILES string of the molecule is CCN(CC)CCNC(C)(C(N)=O)c1ccccn1. The van der Waals surface area contributed by atoms with Crippen molar-refractivity contribution in [3.8, 4) is 0 Å². The minimum Gasteiger partial charge on any atom is -0.368 e. The third kappa shape index (κ3) is 4.01. The van der Waals surface area contributed by atoms with E-state index in [1.807, 2.05) is 18.2 Å². The Balaban J connectivity index is 2.71. The molecule has 3 N–H and O–H groups in total. The monoisotopic (exact) mass is 264 g/mol. The van der Waals surface area contributed by atoms with Crippen LogP contribution in [0.3, 0.4) is 0 Å². The molecule has 5 nitrogen and oxygen atoms in total. The molecule has 0 saturated carbocycles. The maximum absolute atomic E-state index is 11.7. The number of nitrogens with zero attached hydrogens (tertiary/aromatic N) is 2. The molecule has 0 saturated heterocycles. The first-order valence-electron chi connectivity index (χ1n) is 6.73. The van der Waals surface area contributed by atoms with Crippen LogP contribution >= 0.6 is 0 Å². The number of hydrogen-bond donors (Lipinski definition) is 2. The molecule has 1 amide bonds. The number of primary amides is 1. The number of carbonyl (C=O) groups is 1. The number of likely N-dealkylation sites (N-methyl/N-ethyl adjacent to an activating group) is 1. The van der Waals surface area contributed by atoms with E-state index in [1.165, 1.54) is 0 Å². The number of amides is 1. The number of pyridine rings is 1. The van der Waals surface area contributed by atoms with E-state index in [-0.39, 0.29) is 0 Å². The van der Waals surface area contributed by atoms with Gasteiger partial charge in [-0.25, -0.2) is 0 Å². The number of rotatable bonds is 8. The molecule has 1 heterocycles. The van der Waals surface area contributed by atoms with Crippen LogP contribution in [0.25, 0.3) is 0 Å². The van der Waals surface area contributed by atoms with Gasteiger partial charge in [-0.2, -0.15) is 0 Å². The molecule has 0 bridgehead atoms. The van der Waals surface area contributed by atoms with Crippen LogP contribution < -0.4 is 11.1 Å². The summed E-state index contributed by atoms with van der Waals surface area (Å²) in [5.74, 6) is -0.411. The fourth-order valence-corrected chi connectivity index (χ4v) is 1.97. The number of aromatic nitrogens is 1. The highest BCUT2D eigenvalue weighted by atomic mass is 16.1. The van der Waals surface area contributed by atoms with Gasteiger partial charge in [0.1, 0.15) is 5.54 Å². The van der Waals surface area contributed by atoms with Crippen molar-refractivity contribution in [3.63, 3.8) is 0 Å². The van der Waals surface area contributed by atoms with Crippen molar-refractivity contribution in [3.05, 3.63) is 30.1 Å². The standard InChI is InChI=1S/C14H24N4O/c1-4-18(5-2)11-10-17-14(3,13(15)19)12-8-6-7-9-16-12/h6-9,17H,4-5,10-11H2,1-3H3,(H2,15,19). The van der Waals surface area contributed by atoms with E-state index < -0.39 is 11.4 Å². The van der Waals surface area contributed by atoms with Gasteiger partial charge in [-0.1, -0.05) is 19.9 Å². The van der Waals surface area contributed by atoms with Crippen LogP contribution in [0.1, 0.15) is 26.5 Å². The van der Waals surface area contributed by atoms with Crippen LogP contribution in [-0.4, -0.2) is 42.0 Å². The Labute approximate surface area is 115 Å². The van der Waals surface area contributed by atoms with Crippen molar-refractivity contribution in [1.82, 2.24) is 15.2 Å². The minimum atomic E-state index is -0.922. The van der Waals surface area contributed by atoms with E-state index in [0.29, 0.717) is 12.2 Å². The third-order valence-corrected chi connectivity index (χ3v) is 3.47. The molecule has 1 aromatic rings.